The van der Waals surface area contributed by atoms with E-state index < -0.39 is 0 Å². The Bertz CT molecular complexity index is 216. The van der Waals surface area contributed by atoms with Gasteiger partial charge in [0.05, 0.1) is 6.10 Å². The van der Waals surface area contributed by atoms with Gasteiger partial charge in [0.15, 0.2) is 0 Å². The lowest BCUT2D eigenvalue weighted by atomic mass is 10.0. The van der Waals surface area contributed by atoms with Crippen molar-refractivity contribution in [3.8, 4) is 0 Å². The first-order chi connectivity index (χ1) is 7.74. The van der Waals surface area contributed by atoms with Gasteiger partial charge in [0.2, 0.25) is 0 Å². The molecular weight excluding hydrogens is 200 g/mol. The molecule has 1 saturated heterocycles. The first-order valence-electron chi connectivity index (χ1n) is 6.74. The van der Waals surface area contributed by atoms with Gasteiger partial charge in [-0.2, -0.15) is 0 Å². The van der Waals surface area contributed by atoms with Gasteiger partial charge >= 0.3 is 0 Å². The van der Waals surface area contributed by atoms with Gasteiger partial charge in [0.1, 0.15) is 0 Å². The molecule has 1 aliphatic carbocycles. The van der Waals surface area contributed by atoms with Crippen molar-refractivity contribution in [3.63, 3.8) is 0 Å². The first-order valence-corrected chi connectivity index (χ1v) is 6.74. The van der Waals surface area contributed by atoms with Gasteiger partial charge in [0, 0.05) is 38.8 Å². The molecule has 3 unspecified atom stereocenters. The van der Waals surface area contributed by atoms with E-state index in [1.807, 2.05) is 7.11 Å². The van der Waals surface area contributed by atoms with E-state index in [1.165, 1.54) is 32.4 Å². The number of piperazine rings is 1. The van der Waals surface area contributed by atoms with Gasteiger partial charge in [-0.15, -0.1) is 0 Å². The first kappa shape index (κ1) is 12.3. The van der Waals surface area contributed by atoms with Crippen molar-refractivity contribution in [3.05, 3.63) is 0 Å². The van der Waals surface area contributed by atoms with E-state index in [0.717, 1.165) is 18.5 Å². The summed E-state index contributed by atoms with van der Waals surface area (Å²) in [5, 5.41) is 3.68. The normalized spacial score (nSPS) is 33.9. The second kappa shape index (κ2) is 5.48. The van der Waals surface area contributed by atoms with Crippen LogP contribution < -0.4 is 5.32 Å². The van der Waals surface area contributed by atoms with Crippen molar-refractivity contribution < 1.29 is 4.74 Å². The summed E-state index contributed by atoms with van der Waals surface area (Å²) in [7, 11) is 1.82. The van der Waals surface area contributed by atoms with Crippen LogP contribution in [0.3, 0.4) is 0 Å². The summed E-state index contributed by atoms with van der Waals surface area (Å²) in [4.78, 5) is 2.66. The second-order valence-corrected chi connectivity index (χ2v) is 5.42. The van der Waals surface area contributed by atoms with Crippen LogP contribution >= 0.6 is 0 Å². The van der Waals surface area contributed by atoms with E-state index in [9.17, 15) is 0 Å². The zero-order valence-electron chi connectivity index (χ0n) is 10.9. The Balaban J connectivity index is 1.91. The highest BCUT2D eigenvalue weighted by Crippen LogP contribution is 2.36. The van der Waals surface area contributed by atoms with Crippen molar-refractivity contribution in [2.45, 2.75) is 51.3 Å². The van der Waals surface area contributed by atoms with Gasteiger partial charge in [-0.05, 0) is 32.1 Å². The fourth-order valence-electron chi connectivity index (χ4n) is 2.73. The zero-order chi connectivity index (χ0) is 11.5. The molecule has 0 bridgehead atoms. The smallest absolute Gasteiger partial charge is 0.0670 e. The van der Waals surface area contributed by atoms with Gasteiger partial charge in [-0.25, -0.2) is 0 Å². The van der Waals surface area contributed by atoms with Gasteiger partial charge in [-0.1, -0.05) is 6.92 Å². The molecule has 1 heterocycles. The van der Waals surface area contributed by atoms with Crippen molar-refractivity contribution in [1.82, 2.24) is 10.2 Å². The molecule has 3 atom stereocenters. The fourth-order valence-corrected chi connectivity index (χ4v) is 2.73. The molecule has 16 heavy (non-hydrogen) atoms. The molecule has 0 spiro atoms. The van der Waals surface area contributed by atoms with Crippen molar-refractivity contribution in [2.75, 3.05) is 26.7 Å². The topological polar surface area (TPSA) is 24.5 Å². The van der Waals surface area contributed by atoms with Crippen molar-refractivity contribution in [2.24, 2.45) is 5.92 Å². The van der Waals surface area contributed by atoms with E-state index in [4.69, 9.17) is 4.74 Å². The molecule has 2 fully saturated rings. The highest BCUT2D eigenvalue weighted by atomic mass is 16.5. The predicted molar refractivity (Wildman–Crippen MR) is 66.6 cm³/mol. The molecule has 1 aliphatic heterocycles. The van der Waals surface area contributed by atoms with Crippen LogP contribution in [0.25, 0.3) is 0 Å². The zero-order valence-corrected chi connectivity index (χ0v) is 10.9. The van der Waals surface area contributed by atoms with E-state index in [2.05, 4.69) is 24.1 Å². The minimum Gasteiger partial charge on any atom is -0.380 e. The lowest BCUT2D eigenvalue weighted by molar-refractivity contribution is 0.0347. The Labute approximate surface area is 99.5 Å². The van der Waals surface area contributed by atoms with Crippen LogP contribution in [-0.4, -0.2) is 49.8 Å². The SMILES string of the molecule is CCC1CN(CC(C)OC)C(C2CC2)CN1. The molecule has 0 aromatic carbocycles. The van der Waals surface area contributed by atoms with Crippen LogP contribution in [0.4, 0.5) is 0 Å². The van der Waals surface area contributed by atoms with Crippen LogP contribution in [0.1, 0.15) is 33.1 Å². The number of methoxy groups -OCH3 is 1. The third-order valence-corrected chi connectivity index (χ3v) is 4.09. The number of hydrogen-bond donors (Lipinski definition) is 1. The minimum atomic E-state index is 0.358. The molecule has 94 valence electrons. The summed E-state index contributed by atoms with van der Waals surface area (Å²) >= 11 is 0. The minimum absolute atomic E-state index is 0.358. The molecule has 0 aromatic heterocycles. The van der Waals surface area contributed by atoms with E-state index in [1.54, 1.807) is 0 Å². The molecule has 1 saturated carbocycles. The third kappa shape index (κ3) is 2.96. The summed E-state index contributed by atoms with van der Waals surface area (Å²) in [5.41, 5.74) is 0. The Morgan fingerprint density at radius 3 is 2.75 bits per heavy atom. The lowest BCUT2D eigenvalue weighted by Crippen LogP contribution is -2.58. The number of nitrogens with zero attached hydrogens (tertiary/aromatic N) is 1. The summed E-state index contributed by atoms with van der Waals surface area (Å²) < 4.78 is 5.41. The molecule has 2 aliphatic rings. The van der Waals surface area contributed by atoms with E-state index in [-0.39, 0.29) is 0 Å². The number of ether oxygens (including phenoxy) is 1. The van der Waals surface area contributed by atoms with Crippen LogP contribution in [-0.2, 0) is 4.74 Å². The van der Waals surface area contributed by atoms with Crippen molar-refractivity contribution in [1.29, 1.82) is 0 Å². The maximum Gasteiger partial charge on any atom is 0.0670 e. The van der Waals surface area contributed by atoms with Gasteiger partial charge in [0.25, 0.3) is 0 Å². The maximum atomic E-state index is 5.41. The molecular formula is C13H26N2O. The Hall–Kier alpha value is -0.120. The highest BCUT2D eigenvalue weighted by Gasteiger charge is 2.38. The van der Waals surface area contributed by atoms with Crippen LogP contribution in [0.15, 0.2) is 0 Å². The van der Waals surface area contributed by atoms with Crippen LogP contribution in [0, 0.1) is 5.92 Å². The number of nitrogens with one attached hydrogen (secondary N) is 1. The molecule has 0 radical (unpaired) electrons. The molecule has 0 aromatic rings. The molecule has 3 heteroatoms. The largest absolute Gasteiger partial charge is 0.380 e. The summed E-state index contributed by atoms with van der Waals surface area (Å²) in [6, 6.07) is 1.44. The van der Waals surface area contributed by atoms with Crippen molar-refractivity contribution >= 4 is 0 Å². The standard InChI is InChI=1S/C13H26N2O/c1-4-12-9-15(8-10(2)16-3)13(7-14-12)11-5-6-11/h10-14H,4-9H2,1-3H3. The molecule has 0 amide bonds. The Kier molecular flexibility index (Phi) is 4.22. The predicted octanol–water partition coefficient (Wildman–Crippen LogP) is 1.48. The number of rotatable bonds is 5. The van der Waals surface area contributed by atoms with E-state index in [0.29, 0.717) is 12.1 Å². The summed E-state index contributed by atoms with van der Waals surface area (Å²) in [6.07, 6.45) is 4.45. The lowest BCUT2D eigenvalue weighted by Gasteiger charge is -2.41. The molecule has 2 rings (SSSR count). The second-order valence-electron chi connectivity index (χ2n) is 5.42. The Morgan fingerprint density at radius 2 is 2.19 bits per heavy atom. The number of hydrogen-bond acceptors (Lipinski definition) is 3. The maximum absolute atomic E-state index is 5.41. The summed E-state index contributed by atoms with van der Waals surface area (Å²) in [6.45, 7) is 7.92. The van der Waals surface area contributed by atoms with Crippen LogP contribution in [0.5, 0.6) is 0 Å². The van der Waals surface area contributed by atoms with E-state index >= 15 is 0 Å². The average molecular weight is 226 g/mol. The molecule has 1 N–H and O–H groups in total. The average Bonchev–Trinajstić information content (AvgIpc) is 3.12. The monoisotopic (exact) mass is 226 g/mol. The highest BCUT2D eigenvalue weighted by molar-refractivity contribution is 4.95. The third-order valence-electron chi connectivity index (χ3n) is 4.09. The van der Waals surface area contributed by atoms with Crippen LogP contribution in [0.2, 0.25) is 0 Å². The molecule has 3 nitrogen and oxygen atoms in total. The summed E-state index contributed by atoms with van der Waals surface area (Å²) in [5.74, 6) is 0.953. The van der Waals surface area contributed by atoms with Gasteiger partial charge in [-0.3, -0.25) is 4.90 Å². The fraction of sp³-hybridized carbons (Fsp3) is 1.00. The van der Waals surface area contributed by atoms with Gasteiger partial charge < -0.3 is 10.1 Å². The Morgan fingerprint density at radius 1 is 1.44 bits per heavy atom. The quantitative estimate of drug-likeness (QED) is 0.768.